The number of rotatable bonds is 6. The first-order valence-corrected chi connectivity index (χ1v) is 6.44. The van der Waals surface area contributed by atoms with E-state index in [1.165, 1.54) is 0 Å². The molecule has 100 valence electrons. The largest absolute Gasteiger partial charge is 0.476 e. The van der Waals surface area contributed by atoms with Crippen molar-refractivity contribution in [2.24, 2.45) is 5.92 Å². The second-order valence-electron chi connectivity index (χ2n) is 4.85. The van der Waals surface area contributed by atoms with E-state index in [2.05, 4.69) is 31.1 Å². The van der Waals surface area contributed by atoms with Crippen LogP contribution in [0.15, 0.2) is 12.1 Å². The fraction of sp³-hybridized carbons (Fsp3) is 0.538. The molecule has 2 N–H and O–H groups in total. The van der Waals surface area contributed by atoms with Crippen LogP contribution >= 0.6 is 11.6 Å². The molecule has 0 amide bonds. The average Bonchev–Trinajstić information content (AvgIpc) is 2.28. The first kappa shape index (κ1) is 14.8. The Bertz CT molecular complexity index is 421. The topological polar surface area (TPSA) is 62.2 Å². The van der Waals surface area contributed by atoms with Crippen LogP contribution in [0.4, 0.5) is 5.82 Å². The van der Waals surface area contributed by atoms with E-state index in [0.29, 0.717) is 11.7 Å². The number of aromatic carboxylic acids is 1. The lowest BCUT2D eigenvalue weighted by molar-refractivity contribution is 0.0691. The molecule has 0 saturated heterocycles. The fourth-order valence-corrected chi connectivity index (χ4v) is 1.77. The summed E-state index contributed by atoms with van der Waals surface area (Å²) in [5.41, 5.74) is -0.113. The minimum Gasteiger partial charge on any atom is -0.476 e. The van der Waals surface area contributed by atoms with E-state index in [0.717, 1.165) is 12.8 Å². The predicted octanol–water partition coefficient (Wildman–Crippen LogP) is 3.67. The maximum Gasteiger partial charge on any atom is 0.356 e. The molecule has 1 rings (SSSR count). The number of pyridine rings is 1. The molecule has 1 heterocycles. The van der Waals surface area contributed by atoms with Crippen LogP contribution in [0.3, 0.4) is 0 Å². The molecular weight excluding hydrogens is 252 g/mol. The first-order chi connectivity index (χ1) is 8.40. The highest BCUT2D eigenvalue weighted by molar-refractivity contribution is 6.33. The molecule has 0 aliphatic heterocycles. The van der Waals surface area contributed by atoms with E-state index in [1.807, 2.05) is 0 Å². The lowest BCUT2D eigenvalue weighted by Crippen LogP contribution is -2.17. The van der Waals surface area contributed by atoms with Gasteiger partial charge in [-0.25, -0.2) is 9.78 Å². The van der Waals surface area contributed by atoms with Gasteiger partial charge in [0.1, 0.15) is 5.82 Å². The molecular formula is C13H19ClN2O2. The molecule has 0 aliphatic carbocycles. The van der Waals surface area contributed by atoms with Gasteiger partial charge >= 0.3 is 5.97 Å². The van der Waals surface area contributed by atoms with Gasteiger partial charge in [-0.05, 0) is 37.8 Å². The van der Waals surface area contributed by atoms with Crippen LogP contribution in [-0.4, -0.2) is 22.1 Å². The summed E-state index contributed by atoms with van der Waals surface area (Å²) in [7, 11) is 0. The Kier molecular flexibility index (Phi) is 5.41. The van der Waals surface area contributed by atoms with Gasteiger partial charge in [-0.3, -0.25) is 0 Å². The van der Waals surface area contributed by atoms with Crippen molar-refractivity contribution in [3.63, 3.8) is 0 Å². The second-order valence-corrected chi connectivity index (χ2v) is 5.26. The predicted molar refractivity (Wildman–Crippen MR) is 73.4 cm³/mol. The van der Waals surface area contributed by atoms with Crippen molar-refractivity contribution in [2.75, 3.05) is 5.32 Å². The molecule has 0 spiro atoms. The maximum absolute atomic E-state index is 10.9. The number of carboxylic acids is 1. The summed E-state index contributed by atoms with van der Waals surface area (Å²) >= 11 is 5.76. The fourth-order valence-electron chi connectivity index (χ4n) is 1.58. The average molecular weight is 271 g/mol. The van der Waals surface area contributed by atoms with Crippen LogP contribution in [0.5, 0.6) is 0 Å². The van der Waals surface area contributed by atoms with Crippen molar-refractivity contribution in [2.45, 2.75) is 39.7 Å². The van der Waals surface area contributed by atoms with Crippen LogP contribution < -0.4 is 5.32 Å². The van der Waals surface area contributed by atoms with Gasteiger partial charge in [0, 0.05) is 6.04 Å². The quantitative estimate of drug-likeness (QED) is 0.828. The Morgan fingerprint density at radius 3 is 2.61 bits per heavy atom. The zero-order chi connectivity index (χ0) is 13.7. The summed E-state index contributed by atoms with van der Waals surface area (Å²) in [6.07, 6.45) is 2.14. The Morgan fingerprint density at radius 2 is 2.06 bits per heavy atom. The molecule has 0 saturated carbocycles. The van der Waals surface area contributed by atoms with Crippen LogP contribution in [0.1, 0.15) is 44.1 Å². The van der Waals surface area contributed by atoms with Crippen LogP contribution in [-0.2, 0) is 0 Å². The Morgan fingerprint density at radius 1 is 1.39 bits per heavy atom. The van der Waals surface area contributed by atoms with Gasteiger partial charge in [0.05, 0.1) is 5.02 Å². The van der Waals surface area contributed by atoms with Crippen molar-refractivity contribution >= 4 is 23.4 Å². The Hall–Kier alpha value is -1.29. The van der Waals surface area contributed by atoms with E-state index in [4.69, 9.17) is 16.7 Å². The van der Waals surface area contributed by atoms with Crippen molar-refractivity contribution in [3.8, 4) is 0 Å². The zero-order valence-electron chi connectivity index (χ0n) is 10.9. The van der Waals surface area contributed by atoms with Gasteiger partial charge in [0.15, 0.2) is 5.69 Å². The summed E-state index contributed by atoms with van der Waals surface area (Å²) in [5, 5.41) is 12.3. The second kappa shape index (κ2) is 6.59. The highest BCUT2D eigenvalue weighted by Crippen LogP contribution is 2.18. The molecule has 4 nitrogen and oxygen atoms in total. The number of carboxylic acid groups (broad SMARTS) is 1. The Labute approximate surface area is 112 Å². The van der Waals surface area contributed by atoms with Crippen LogP contribution in [0.2, 0.25) is 5.02 Å². The maximum atomic E-state index is 10.9. The molecule has 1 unspecified atom stereocenters. The first-order valence-electron chi connectivity index (χ1n) is 6.06. The van der Waals surface area contributed by atoms with E-state index >= 15 is 0 Å². The van der Waals surface area contributed by atoms with Crippen molar-refractivity contribution < 1.29 is 9.90 Å². The van der Waals surface area contributed by atoms with Gasteiger partial charge in [-0.1, -0.05) is 25.4 Å². The number of aromatic nitrogens is 1. The standard InChI is InChI=1S/C13H19ClN2O2/c1-8(2)4-5-9(3)15-11-7-6-10(14)12(16-11)13(17)18/h6-9H,4-5H2,1-3H3,(H,15,16)(H,17,18). The summed E-state index contributed by atoms with van der Waals surface area (Å²) in [5.74, 6) is 0.0912. The number of nitrogens with zero attached hydrogens (tertiary/aromatic N) is 1. The van der Waals surface area contributed by atoms with Gasteiger partial charge < -0.3 is 10.4 Å². The molecule has 1 aromatic heterocycles. The van der Waals surface area contributed by atoms with Crippen molar-refractivity contribution in [1.29, 1.82) is 0 Å². The number of hydrogen-bond donors (Lipinski definition) is 2. The molecule has 0 aliphatic rings. The normalized spacial score (nSPS) is 12.5. The highest BCUT2D eigenvalue weighted by atomic mass is 35.5. The Balaban J connectivity index is 2.67. The zero-order valence-corrected chi connectivity index (χ0v) is 11.7. The van der Waals surface area contributed by atoms with Gasteiger partial charge in [-0.2, -0.15) is 0 Å². The van der Waals surface area contributed by atoms with Gasteiger partial charge in [0.2, 0.25) is 0 Å². The summed E-state index contributed by atoms with van der Waals surface area (Å²) < 4.78 is 0. The number of carbonyl (C=O) groups is 1. The van der Waals surface area contributed by atoms with E-state index < -0.39 is 5.97 Å². The molecule has 1 aromatic rings. The molecule has 0 bridgehead atoms. The summed E-state index contributed by atoms with van der Waals surface area (Å²) in [6, 6.07) is 3.50. The van der Waals surface area contributed by atoms with E-state index in [1.54, 1.807) is 12.1 Å². The van der Waals surface area contributed by atoms with Gasteiger partial charge in [-0.15, -0.1) is 0 Å². The molecule has 5 heteroatoms. The summed E-state index contributed by atoms with van der Waals surface area (Å²) in [4.78, 5) is 14.9. The van der Waals surface area contributed by atoms with Gasteiger partial charge in [0.25, 0.3) is 0 Å². The lowest BCUT2D eigenvalue weighted by atomic mass is 10.0. The minimum absolute atomic E-state index is 0.113. The van der Waals surface area contributed by atoms with E-state index in [9.17, 15) is 4.79 Å². The third kappa shape index (κ3) is 4.53. The number of nitrogens with one attached hydrogen (secondary N) is 1. The summed E-state index contributed by atoms with van der Waals surface area (Å²) in [6.45, 7) is 6.41. The third-order valence-electron chi connectivity index (χ3n) is 2.62. The number of anilines is 1. The molecule has 0 radical (unpaired) electrons. The third-order valence-corrected chi connectivity index (χ3v) is 2.92. The highest BCUT2D eigenvalue weighted by Gasteiger charge is 2.12. The molecule has 0 fully saturated rings. The minimum atomic E-state index is -1.11. The lowest BCUT2D eigenvalue weighted by Gasteiger charge is -2.16. The van der Waals surface area contributed by atoms with Crippen molar-refractivity contribution in [3.05, 3.63) is 22.8 Å². The SMILES string of the molecule is CC(C)CCC(C)Nc1ccc(Cl)c(C(=O)O)n1. The van der Waals surface area contributed by atoms with Crippen LogP contribution in [0.25, 0.3) is 0 Å². The smallest absolute Gasteiger partial charge is 0.356 e. The number of halogens is 1. The van der Waals surface area contributed by atoms with Crippen LogP contribution in [0, 0.1) is 5.92 Å². The molecule has 0 aromatic carbocycles. The monoisotopic (exact) mass is 270 g/mol. The van der Waals surface area contributed by atoms with Crippen molar-refractivity contribution in [1.82, 2.24) is 4.98 Å². The number of hydrogen-bond acceptors (Lipinski definition) is 3. The molecule has 1 atom stereocenters. The van der Waals surface area contributed by atoms with E-state index in [-0.39, 0.29) is 16.8 Å². The molecule has 18 heavy (non-hydrogen) atoms.